The van der Waals surface area contributed by atoms with Crippen LogP contribution in [-0.4, -0.2) is 15.6 Å². The first-order valence-corrected chi connectivity index (χ1v) is 6.33. The summed E-state index contributed by atoms with van der Waals surface area (Å²) in [6.07, 6.45) is 3.73. The lowest BCUT2D eigenvalue weighted by Gasteiger charge is -2.08. The number of carboxylic acids is 1. The van der Waals surface area contributed by atoms with E-state index in [9.17, 15) is 14.0 Å². The number of aliphatic carboxylic acids is 1. The second kappa shape index (κ2) is 6.17. The van der Waals surface area contributed by atoms with Crippen molar-refractivity contribution in [2.24, 2.45) is 0 Å². The Kier molecular flexibility index (Phi) is 4.33. The van der Waals surface area contributed by atoms with Crippen LogP contribution < -0.4 is 5.56 Å². The van der Waals surface area contributed by atoms with E-state index < -0.39 is 11.8 Å². The molecule has 0 unspecified atom stereocenters. The zero-order valence-corrected chi connectivity index (χ0v) is 11.4. The number of pyridine rings is 1. The van der Waals surface area contributed by atoms with Gasteiger partial charge in [-0.15, -0.1) is 0 Å². The molecule has 0 aliphatic heterocycles. The third-order valence-corrected chi connectivity index (χ3v) is 3.03. The summed E-state index contributed by atoms with van der Waals surface area (Å²) in [7, 11) is 0. The van der Waals surface area contributed by atoms with Gasteiger partial charge >= 0.3 is 5.97 Å². The molecule has 0 saturated heterocycles. The van der Waals surface area contributed by atoms with Gasteiger partial charge in [-0.25, -0.2) is 9.18 Å². The maximum Gasteiger partial charge on any atom is 0.328 e. The Labute approximate surface area is 120 Å². The predicted octanol–water partition coefficient (Wildman–Crippen LogP) is 2.44. The van der Waals surface area contributed by atoms with E-state index in [4.69, 9.17) is 5.11 Å². The normalized spacial score (nSPS) is 11.0. The zero-order chi connectivity index (χ0) is 15.4. The molecule has 0 saturated carbocycles. The molecule has 5 heteroatoms. The van der Waals surface area contributed by atoms with Crippen molar-refractivity contribution >= 4 is 12.0 Å². The maximum atomic E-state index is 13.6. The first-order chi connectivity index (χ1) is 9.97. The Bertz CT molecular complexity index is 762. The van der Waals surface area contributed by atoms with E-state index in [1.807, 2.05) is 0 Å². The van der Waals surface area contributed by atoms with Crippen LogP contribution in [0.25, 0.3) is 6.08 Å². The Hall–Kier alpha value is -2.69. The summed E-state index contributed by atoms with van der Waals surface area (Å²) >= 11 is 0. The number of nitrogens with zero attached hydrogens (tertiary/aromatic N) is 1. The van der Waals surface area contributed by atoms with Crippen molar-refractivity contribution in [1.82, 2.24) is 4.57 Å². The molecule has 1 N–H and O–H groups in total. The van der Waals surface area contributed by atoms with Gasteiger partial charge in [0, 0.05) is 23.4 Å². The van der Waals surface area contributed by atoms with Crippen molar-refractivity contribution in [2.75, 3.05) is 0 Å². The molecule has 0 aliphatic carbocycles. The molecular formula is C16H14FNO3. The van der Waals surface area contributed by atoms with Crippen LogP contribution in [0.4, 0.5) is 4.39 Å². The number of aryl methyl sites for hydroxylation is 1. The van der Waals surface area contributed by atoms with Crippen molar-refractivity contribution in [2.45, 2.75) is 13.5 Å². The SMILES string of the molecule is Cc1cccn(Cc2ccc(F)c(C=CC(=O)O)c2)c1=O. The van der Waals surface area contributed by atoms with Gasteiger partial charge in [-0.1, -0.05) is 12.1 Å². The molecule has 0 atom stereocenters. The minimum absolute atomic E-state index is 0.107. The van der Waals surface area contributed by atoms with Gasteiger partial charge in [0.1, 0.15) is 5.82 Å². The molecule has 0 aliphatic rings. The molecule has 0 spiro atoms. The van der Waals surface area contributed by atoms with Crippen LogP contribution in [0, 0.1) is 12.7 Å². The molecule has 21 heavy (non-hydrogen) atoms. The Balaban J connectivity index is 2.33. The molecule has 2 rings (SSSR count). The van der Waals surface area contributed by atoms with Gasteiger partial charge in [0.25, 0.3) is 5.56 Å². The number of aromatic nitrogens is 1. The molecule has 1 aromatic heterocycles. The molecular weight excluding hydrogens is 273 g/mol. The molecule has 0 bridgehead atoms. The second-order valence-corrected chi connectivity index (χ2v) is 4.65. The summed E-state index contributed by atoms with van der Waals surface area (Å²) in [6.45, 7) is 2.03. The zero-order valence-electron chi connectivity index (χ0n) is 11.4. The summed E-state index contributed by atoms with van der Waals surface area (Å²) in [4.78, 5) is 22.4. The second-order valence-electron chi connectivity index (χ2n) is 4.65. The minimum Gasteiger partial charge on any atom is -0.478 e. The Morgan fingerprint density at radius 3 is 2.86 bits per heavy atom. The van der Waals surface area contributed by atoms with Crippen LogP contribution in [0.5, 0.6) is 0 Å². The van der Waals surface area contributed by atoms with Gasteiger partial charge < -0.3 is 9.67 Å². The Morgan fingerprint density at radius 2 is 2.14 bits per heavy atom. The fraction of sp³-hybridized carbons (Fsp3) is 0.125. The highest BCUT2D eigenvalue weighted by atomic mass is 19.1. The monoisotopic (exact) mass is 287 g/mol. The summed E-state index contributed by atoms with van der Waals surface area (Å²) in [5.74, 6) is -1.65. The van der Waals surface area contributed by atoms with Crippen LogP contribution in [-0.2, 0) is 11.3 Å². The summed E-state index contributed by atoms with van der Waals surface area (Å²) < 4.78 is 15.1. The van der Waals surface area contributed by atoms with Gasteiger partial charge in [-0.05, 0) is 36.8 Å². The maximum absolute atomic E-state index is 13.6. The lowest BCUT2D eigenvalue weighted by molar-refractivity contribution is -0.131. The standard InChI is InChI=1S/C16H14FNO3/c1-11-3-2-8-18(16(11)21)10-12-4-6-14(17)13(9-12)5-7-15(19)20/h2-9H,10H2,1H3,(H,19,20). The van der Waals surface area contributed by atoms with E-state index in [1.54, 1.807) is 31.3 Å². The fourth-order valence-electron chi connectivity index (χ4n) is 1.96. The number of benzene rings is 1. The van der Waals surface area contributed by atoms with Crippen LogP contribution >= 0.6 is 0 Å². The van der Waals surface area contributed by atoms with E-state index in [2.05, 4.69) is 0 Å². The quantitative estimate of drug-likeness (QED) is 0.879. The van der Waals surface area contributed by atoms with Crippen molar-refractivity contribution in [3.05, 3.63) is 75.5 Å². The average molecular weight is 287 g/mol. The van der Waals surface area contributed by atoms with E-state index in [1.165, 1.54) is 22.8 Å². The number of rotatable bonds is 4. The molecule has 0 amide bonds. The number of hydrogen-bond donors (Lipinski definition) is 1. The molecule has 4 nitrogen and oxygen atoms in total. The van der Waals surface area contributed by atoms with Crippen LogP contribution in [0.15, 0.2) is 47.4 Å². The van der Waals surface area contributed by atoms with Gasteiger partial charge in [-0.3, -0.25) is 4.79 Å². The van der Waals surface area contributed by atoms with Crippen molar-refractivity contribution in [1.29, 1.82) is 0 Å². The summed E-state index contributed by atoms with van der Waals surface area (Å²) in [5.41, 5.74) is 1.42. The fourth-order valence-corrected chi connectivity index (χ4v) is 1.96. The number of hydrogen-bond acceptors (Lipinski definition) is 2. The number of carboxylic acid groups (broad SMARTS) is 1. The molecule has 0 fully saturated rings. The minimum atomic E-state index is -1.14. The van der Waals surface area contributed by atoms with E-state index in [0.29, 0.717) is 17.7 Å². The summed E-state index contributed by atoms with van der Waals surface area (Å²) in [5, 5.41) is 8.58. The lowest BCUT2D eigenvalue weighted by atomic mass is 10.1. The van der Waals surface area contributed by atoms with Gasteiger partial charge in [0.2, 0.25) is 0 Å². The van der Waals surface area contributed by atoms with Gasteiger partial charge in [0.15, 0.2) is 0 Å². The lowest BCUT2D eigenvalue weighted by Crippen LogP contribution is -2.21. The molecule has 1 heterocycles. The van der Waals surface area contributed by atoms with Crippen molar-refractivity contribution < 1.29 is 14.3 Å². The van der Waals surface area contributed by atoms with Crippen LogP contribution in [0.3, 0.4) is 0 Å². The smallest absolute Gasteiger partial charge is 0.328 e. The highest BCUT2D eigenvalue weighted by Gasteiger charge is 2.04. The molecule has 0 radical (unpaired) electrons. The number of halogens is 1. The van der Waals surface area contributed by atoms with E-state index in [0.717, 1.165) is 6.08 Å². The third-order valence-electron chi connectivity index (χ3n) is 3.03. The molecule has 2 aromatic rings. The first kappa shape index (κ1) is 14.7. The van der Waals surface area contributed by atoms with Crippen molar-refractivity contribution in [3.63, 3.8) is 0 Å². The molecule has 108 valence electrons. The highest BCUT2D eigenvalue weighted by molar-refractivity contribution is 5.85. The van der Waals surface area contributed by atoms with E-state index in [-0.39, 0.29) is 11.1 Å². The Morgan fingerprint density at radius 1 is 1.38 bits per heavy atom. The highest BCUT2D eigenvalue weighted by Crippen LogP contribution is 2.13. The topological polar surface area (TPSA) is 59.3 Å². The third kappa shape index (κ3) is 3.66. The van der Waals surface area contributed by atoms with Gasteiger partial charge in [0.05, 0.1) is 6.54 Å². The van der Waals surface area contributed by atoms with Gasteiger partial charge in [-0.2, -0.15) is 0 Å². The summed E-state index contributed by atoms with van der Waals surface area (Å²) in [6, 6.07) is 7.86. The van der Waals surface area contributed by atoms with Crippen LogP contribution in [0.2, 0.25) is 0 Å². The van der Waals surface area contributed by atoms with E-state index >= 15 is 0 Å². The first-order valence-electron chi connectivity index (χ1n) is 6.33. The van der Waals surface area contributed by atoms with Crippen molar-refractivity contribution in [3.8, 4) is 0 Å². The molecule has 1 aromatic carbocycles. The number of carbonyl (C=O) groups is 1. The van der Waals surface area contributed by atoms with Crippen LogP contribution in [0.1, 0.15) is 16.7 Å². The largest absolute Gasteiger partial charge is 0.478 e. The predicted molar refractivity (Wildman–Crippen MR) is 77.6 cm³/mol. The average Bonchev–Trinajstić information content (AvgIpc) is 2.44.